The van der Waals surface area contributed by atoms with Gasteiger partial charge in [0, 0.05) is 16.7 Å². The average molecular weight is 330 g/mol. The Morgan fingerprint density at radius 2 is 1.28 bits per heavy atom. The quantitative estimate of drug-likeness (QED) is 0.626. The van der Waals surface area contributed by atoms with Crippen molar-refractivity contribution < 1.29 is 14.3 Å². The lowest BCUT2D eigenvalue weighted by Crippen LogP contribution is -2.11. The number of ketones is 2. The Morgan fingerprint density at radius 3 is 1.92 bits per heavy atom. The highest BCUT2D eigenvalue weighted by molar-refractivity contribution is 6.09. The van der Waals surface area contributed by atoms with Crippen molar-refractivity contribution >= 4 is 11.6 Å². The first kappa shape index (κ1) is 16.7. The number of hydrogen-bond donors (Lipinski definition) is 0. The molecule has 0 aliphatic carbocycles. The SMILES string of the molecule is Cc1ccc(C(=O)COc2ccc(C(=O)c3ccccc3)cc2)cc1. The van der Waals surface area contributed by atoms with Crippen molar-refractivity contribution in [1.82, 2.24) is 0 Å². The molecule has 3 heteroatoms. The van der Waals surface area contributed by atoms with Gasteiger partial charge in [-0.05, 0) is 31.2 Å². The first-order valence-electron chi connectivity index (χ1n) is 8.06. The summed E-state index contributed by atoms with van der Waals surface area (Å²) in [6.45, 7) is 1.94. The van der Waals surface area contributed by atoms with E-state index < -0.39 is 0 Å². The molecule has 124 valence electrons. The average Bonchev–Trinajstić information content (AvgIpc) is 2.67. The Labute approximate surface area is 146 Å². The van der Waals surface area contributed by atoms with Gasteiger partial charge in [0.25, 0.3) is 0 Å². The van der Waals surface area contributed by atoms with Gasteiger partial charge in [-0.3, -0.25) is 9.59 Å². The zero-order valence-corrected chi connectivity index (χ0v) is 13.9. The van der Waals surface area contributed by atoms with E-state index in [0.29, 0.717) is 22.4 Å². The maximum atomic E-state index is 12.3. The van der Waals surface area contributed by atoms with E-state index in [1.54, 1.807) is 48.5 Å². The monoisotopic (exact) mass is 330 g/mol. The van der Waals surface area contributed by atoms with Crippen molar-refractivity contribution in [3.8, 4) is 5.75 Å². The Kier molecular flexibility index (Phi) is 5.05. The zero-order valence-electron chi connectivity index (χ0n) is 13.9. The molecule has 0 aromatic heterocycles. The third-order valence-corrected chi connectivity index (χ3v) is 3.90. The first-order chi connectivity index (χ1) is 12.1. The van der Waals surface area contributed by atoms with Crippen LogP contribution >= 0.6 is 0 Å². The van der Waals surface area contributed by atoms with E-state index in [-0.39, 0.29) is 18.2 Å². The smallest absolute Gasteiger partial charge is 0.200 e. The maximum Gasteiger partial charge on any atom is 0.200 e. The van der Waals surface area contributed by atoms with Crippen LogP contribution in [0.1, 0.15) is 31.8 Å². The number of hydrogen-bond acceptors (Lipinski definition) is 3. The number of rotatable bonds is 6. The molecule has 25 heavy (non-hydrogen) atoms. The minimum atomic E-state index is -0.0792. The fraction of sp³-hybridized carbons (Fsp3) is 0.0909. The summed E-state index contributed by atoms with van der Waals surface area (Å²) in [5.74, 6) is 0.442. The molecule has 0 radical (unpaired) electrons. The van der Waals surface area contributed by atoms with Gasteiger partial charge in [-0.2, -0.15) is 0 Å². The van der Waals surface area contributed by atoms with E-state index in [1.165, 1.54) is 0 Å². The highest BCUT2D eigenvalue weighted by Gasteiger charge is 2.10. The lowest BCUT2D eigenvalue weighted by atomic mass is 10.0. The molecule has 0 heterocycles. The maximum absolute atomic E-state index is 12.3. The van der Waals surface area contributed by atoms with Gasteiger partial charge >= 0.3 is 0 Å². The normalized spacial score (nSPS) is 10.3. The number of Topliss-reactive ketones (excluding diaryl/α,β-unsaturated/α-hetero) is 1. The summed E-state index contributed by atoms with van der Waals surface area (Å²) in [4.78, 5) is 24.5. The molecule has 0 unspecified atom stereocenters. The van der Waals surface area contributed by atoms with Gasteiger partial charge in [-0.25, -0.2) is 0 Å². The number of carbonyl (C=O) groups is 2. The fourth-order valence-electron chi connectivity index (χ4n) is 2.43. The van der Waals surface area contributed by atoms with E-state index >= 15 is 0 Å². The molecule has 0 saturated carbocycles. The molecule has 0 atom stereocenters. The van der Waals surface area contributed by atoms with Gasteiger partial charge in [0.05, 0.1) is 0 Å². The predicted molar refractivity (Wildman–Crippen MR) is 97.3 cm³/mol. The van der Waals surface area contributed by atoms with Gasteiger partial charge in [0.15, 0.2) is 18.2 Å². The molecule has 0 saturated heterocycles. The molecule has 0 spiro atoms. The zero-order chi connectivity index (χ0) is 17.6. The Balaban J connectivity index is 1.62. The highest BCUT2D eigenvalue weighted by atomic mass is 16.5. The third-order valence-electron chi connectivity index (χ3n) is 3.90. The van der Waals surface area contributed by atoms with E-state index in [4.69, 9.17) is 4.74 Å². The summed E-state index contributed by atoms with van der Waals surface area (Å²) in [5.41, 5.74) is 2.96. The van der Waals surface area contributed by atoms with Crippen LogP contribution in [-0.2, 0) is 0 Å². The first-order valence-corrected chi connectivity index (χ1v) is 8.06. The largest absolute Gasteiger partial charge is 0.485 e. The van der Waals surface area contributed by atoms with E-state index in [9.17, 15) is 9.59 Å². The molecule has 3 rings (SSSR count). The van der Waals surface area contributed by atoms with Crippen molar-refractivity contribution in [3.05, 3.63) is 101 Å². The van der Waals surface area contributed by atoms with Gasteiger partial charge in [0.2, 0.25) is 0 Å². The van der Waals surface area contributed by atoms with Gasteiger partial charge in [-0.15, -0.1) is 0 Å². The molecule has 0 bridgehead atoms. The van der Waals surface area contributed by atoms with E-state index in [2.05, 4.69) is 0 Å². The molecule has 3 aromatic rings. The molecule has 3 nitrogen and oxygen atoms in total. The summed E-state index contributed by atoms with van der Waals surface area (Å²) in [7, 11) is 0. The summed E-state index contributed by atoms with van der Waals surface area (Å²) in [6, 6.07) is 23.3. The topological polar surface area (TPSA) is 43.4 Å². The Hall–Kier alpha value is -3.20. The molecule has 0 fully saturated rings. The van der Waals surface area contributed by atoms with Crippen LogP contribution in [0, 0.1) is 6.92 Å². The van der Waals surface area contributed by atoms with Crippen LogP contribution in [0.4, 0.5) is 0 Å². The second-order valence-electron chi connectivity index (χ2n) is 5.80. The van der Waals surface area contributed by atoms with Crippen molar-refractivity contribution in [2.75, 3.05) is 6.61 Å². The molecular weight excluding hydrogens is 312 g/mol. The van der Waals surface area contributed by atoms with Crippen molar-refractivity contribution in [2.45, 2.75) is 6.92 Å². The van der Waals surface area contributed by atoms with Crippen molar-refractivity contribution in [1.29, 1.82) is 0 Å². The summed E-state index contributed by atoms with van der Waals surface area (Å²) < 4.78 is 5.53. The number of aryl methyl sites for hydroxylation is 1. The van der Waals surface area contributed by atoms with Crippen molar-refractivity contribution in [2.24, 2.45) is 0 Å². The minimum Gasteiger partial charge on any atom is -0.485 e. The van der Waals surface area contributed by atoms with E-state index in [1.807, 2.05) is 37.3 Å². The predicted octanol–water partition coefficient (Wildman–Crippen LogP) is 4.49. The highest BCUT2D eigenvalue weighted by Crippen LogP contribution is 2.16. The van der Waals surface area contributed by atoms with Gasteiger partial charge in [0.1, 0.15) is 5.75 Å². The second kappa shape index (κ2) is 7.58. The number of ether oxygens (including phenoxy) is 1. The summed E-state index contributed by atoms with van der Waals surface area (Å²) >= 11 is 0. The number of benzene rings is 3. The molecule has 3 aromatic carbocycles. The third kappa shape index (κ3) is 4.21. The minimum absolute atomic E-state index is 0.0327. The molecule has 0 aliphatic heterocycles. The van der Waals surface area contributed by atoms with Crippen LogP contribution in [-0.4, -0.2) is 18.2 Å². The standard InChI is InChI=1S/C22H18O3/c1-16-7-9-17(10-8-16)21(23)15-25-20-13-11-19(12-14-20)22(24)18-5-3-2-4-6-18/h2-14H,15H2,1H3. The molecule has 0 aliphatic rings. The van der Waals surface area contributed by atoms with Crippen LogP contribution in [0.3, 0.4) is 0 Å². The van der Waals surface area contributed by atoms with Crippen LogP contribution in [0.25, 0.3) is 0 Å². The van der Waals surface area contributed by atoms with Crippen LogP contribution in [0.5, 0.6) is 5.75 Å². The van der Waals surface area contributed by atoms with Crippen molar-refractivity contribution in [3.63, 3.8) is 0 Å². The van der Waals surface area contributed by atoms with Gasteiger partial charge in [-0.1, -0.05) is 60.2 Å². The number of carbonyl (C=O) groups excluding carboxylic acids is 2. The Bertz CT molecular complexity index is 863. The second-order valence-corrected chi connectivity index (χ2v) is 5.80. The molecule has 0 N–H and O–H groups in total. The molecular formula is C22H18O3. The van der Waals surface area contributed by atoms with Crippen LogP contribution < -0.4 is 4.74 Å². The summed E-state index contributed by atoms with van der Waals surface area (Å²) in [5, 5.41) is 0. The summed E-state index contributed by atoms with van der Waals surface area (Å²) in [6.07, 6.45) is 0. The fourth-order valence-corrected chi connectivity index (χ4v) is 2.43. The van der Waals surface area contributed by atoms with Gasteiger partial charge < -0.3 is 4.74 Å². The molecule has 0 amide bonds. The lowest BCUT2D eigenvalue weighted by Gasteiger charge is -2.07. The van der Waals surface area contributed by atoms with Crippen LogP contribution in [0.2, 0.25) is 0 Å². The lowest BCUT2D eigenvalue weighted by molar-refractivity contribution is 0.0920. The Morgan fingerprint density at radius 1 is 0.720 bits per heavy atom. The van der Waals surface area contributed by atoms with E-state index in [0.717, 1.165) is 5.56 Å². The van der Waals surface area contributed by atoms with Crippen LogP contribution in [0.15, 0.2) is 78.9 Å².